The minimum atomic E-state index is -0.278. The number of esters is 1. The number of rotatable bonds is 4. The van der Waals surface area contributed by atoms with Crippen LogP contribution in [0.4, 0.5) is 0 Å². The fourth-order valence-corrected chi connectivity index (χ4v) is 4.78. The fourth-order valence-electron chi connectivity index (χ4n) is 3.02. The van der Waals surface area contributed by atoms with Crippen molar-refractivity contribution in [3.8, 4) is 16.2 Å². The number of benzene rings is 1. The normalized spacial score (nSPS) is 12.4. The summed E-state index contributed by atoms with van der Waals surface area (Å²) in [6.45, 7) is 2.16. The van der Waals surface area contributed by atoms with E-state index < -0.39 is 0 Å². The first kappa shape index (κ1) is 16.3. The van der Waals surface area contributed by atoms with Crippen LogP contribution < -0.4 is 4.74 Å². The van der Waals surface area contributed by atoms with Gasteiger partial charge in [0, 0.05) is 10.3 Å². The SMILES string of the molecule is COc1ccc2c(c1)CCc1cc(C(=O)OCc3csc(C)n3)sc1-2. The van der Waals surface area contributed by atoms with Gasteiger partial charge in [-0.2, -0.15) is 0 Å². The lowest BCUT2D eigenvalue weighted by Crippen LogP contribution is -2.03. The van der Waals surface area contributed by atoms with E-state index in [-0.39, 0.29) is 12.6 Å². The molecule has 0 N–H and O–H groups in total. The molecular weight excluding hydrogens is 354 g/mol. The van der Waals surface area contributed by atoms with Gasteiger partial charge < -0.3 is 9.47 Å². The van der Waals surface area contributed by atoms with Crippen LogP contribution in [0.1, 0.15) is 31.5 Å². The van der Waals surface area contributed by atoms with E-state index in [1.807, 2.05) is 24.4 Å². The van der Waals surface area contributed by atoms with Gasteiger partial charge in [0.05, 0.1) is 17.8 Å². The second-order valence-corrected chi connectivity index (χ2v) is 8.04. The molecule has 6 heteroatoms. The molecule has 25 heavy (non-hydrogen) atoms. The molecule has 1 aliphatic carbocycles. The first-order valence-corrected chi connectivity index (χ1v) is 9.72. The standard InChI is InChI=1S/C19H17NO3S2/c1-11-20-14(10-24-11)9-23-19(21)17-8-13-4-3-12-7-15(22-2)5-6-16(12)18(13)25-17/h5-8,10H,3-4,9H2,1-2H3. The number of hydrogen-bond acceptors (Lipinski definition) is 6. The van der Waals surface area contributed by atoms with E-state index >= 15 is 0 Å². The van der Waals surface area contributed by atoms with Crippen LogP contribution in [0.3, 0.4) is 0 Å². The molecule has 4 nitrogen and oxygen atoms in total. The third kappa shape index (κ3) is 3.19. The van der Waals surface area contributed by atoms with Crippen LogP contribution in [0.25, 0.3) is 10.4 Å². The van der Waals surface area contributed by atoms with Crippen LogP contribution in [0.5, 0.6) is 5.75 Å². The van der Waals surface area contributed by atoms with Crippen molar-refractivity contribution in [2.75, 3.05) is 7.11 Å². The summed E-state index contributed by atoms with van der Waals surface area (Å²) in [6.07, 6.45) is 1.90. The predicted molar refractivity (Wildman–Crippen MR) is 99.7 cm³/mol. The number of aromatic nitrogens is 1. The maximum atomic E-state index is 12.4. The summed E-state index contributed by atoms with van der Waals surface area (Å²) in [5.41, 5.74) is 4.49. The molecule has 4 rings (SSSR count). The Morgan fingerprint density at radius 2 is 2.08 bits per heavy atom. The summed E-state index contributed by atoms with van der Waals surface area (Å²) >= 11 is 3.07. The number of thiophene rings is 1. The third-order valence-electron chi connectivity index (χ3n) is 4.25. The molecule has 0 saturated heterocycles. The summed E-state index contributed by atoms with van der Waals surface area (Å²) in [5.74, 6) is 0.595. The van der Waals surface area contributed by atoms with Gasteiger partial charge >= 0.3 is 5.97 Å². The van der Waals surface area contributed by atoms with Gasteiger partial charge in [0.15, 0.2) is 0 Å². The van der Waals surface area contributed by atoms with Crippen LogP contribution in [-0.2, 0) is 24.2 Å². The van der Waals surface area contributed by atoms with Gasteiger partial charge in [-0.05, 0) is 60.7 Å². The Morgan fingerprint density at radius 1 is 1.24 bits per heavy atom. The van der Waals surface area contributed by atoms with E-state index in [1.54, 1.807) is 18.4 Å². The van der Waals surface area contributed by atoms with Crippen LogP contribution >= 0.6 is 22.7 Å². The van der Waals surface area contributed by atoms with Crippen molar-refractivity contribution >= 4 is 28.6 Å². The predicted octanol–water partition coefficient (Wildman–Crippen LogP) is 4.64. The van der Waals surface area contributed by atoms with Crippen molar-refractivity contribution in [2.45, 2.75) is 26.4 Å². The molecule has 0 amide bonds. The number of aryl methyl sites for hydroxylation is 3. The molecule has 3 aromatic rings. The number of fused-ring (bicyclic) bond motifs is 3. The largest absolute Gasteiger partial charge is 0.497 e. The van der Waals surface area contributed by atoms with Crippen molar-refractivity contribution < 1.29 is 14.3 Å². The zero-order valence-electron chi connectivity index (χ0n) is 14.0. The molecule has 0 spiro atoms. The van der Waals surface area contributed by atoms with Crippen LogP contribution in [-0.4, -0.2) is 18.1 Å². The topological polar surface area (TPSA) is 48.4 Å². The Kier molecular flexibility index (Phi) is 4.31. The lowest BCUT2D eigenvalue weighted by molar-refractivity contribution is 0.0474. The maximum Gasteiger partial charge on any atom is 0.348 e. The van der Waals surface area contributed by atoms with Gasteiger partial charge in [-0.15, -0.1) is 22.7 Å². The van der Waals surface area contributed by atoms with Gasteiger partial charge in [-0.3, -0.25) is 0 Å². The minimum absolute atomic E-state index is 0.222. The molecule has 128 valence electrons. The highest BCUT2D eigenvalue weighted by Crippen LogP contribution is 2.41. The average molecular weight is 371 g/mol. The van der Waals surface area contributed by atoms with E-state index in [1.165, 1.54) is 32.9 Å². The van der Waals surface area contributed by atoms with Gasteiger partial charge in [0.2, 0.25) is 0 Å². The van der Waals surface area contributed by atoms with Crippen LogP contribution in [0, 0.1) is 6.92 Å². The Balaban J connectivity index is 1.55. The molecular formula is C19H17NO3S2. The van der Waals surface area contributed by atoms with Crippen molar-refractivity contribution in [3.63, 3.8) is 0 Å². The first-order valence-electron chi connectivity index (χ1n) is 8.02. The number of carbonyl (C=O) groups is 1. The molecule has 0 radical (unpaired) electrons. The van der Waals surface area contributed by atoms with Crippen molar-refractivity contribution in [3.05, 3.63) is 56.4 Å². The van der Waals surface area contributed by atoms with Crippen molar-refractivity contribution in [2.24, 2.45) is 0 Å². The Morgan fingerprint density at radius 3 is 2.84 bits per heavy atom. The summed E-state index contributed by atoms with van der Waals surface area (Å²) in [7, 11) is 1.68. The average Bonchev–Trinajstić information content (AvgIpc) is 3.25. The van der Waals surface area contributed by atoms with Crippen LogP contribution in [0.2, 0.25) is 0 Å². The highest BCUT2D eigenvalue weighted by molar-refractivity contribution is 7.17. The minimum Gasteiger partial charge on any atom is -0.497 e. The molecule has 1 aliphatic rings. The lowest BCUT2D eigenvalue weighted by Gasteiger charge is -2.16. The molecule has 0 fully saturated rings. The van der Waals surface area contributed by atoms with Gasteiger partial charge in [-0.1, -0.05) is 0 Å². The number of carbonyl (C=O) groups excluding carboxylic acids is 1. The zero-order chi connectivity index (χ0) is 17.4. The van der Waals surface area contributed by atoms with E-state index in [0.29, 0.717) is 4.88 Å². The van der Waals surface area contributed by atoms with E-state index in [2.05, 4.69) is 17.1 Å². The second-order valence-electron chi connectivity index (χ2n) is 5.92. The molecule has 0 bridgehead atoms. The lowest BCUT2D eigenvalue weighted by atomic mass is 9.91. The molecule has 1 aromatic carbocycles. The number of nitrogens with zero attached hydrogens (tertiary/aromatic N) is 1. The smallest absolute Gasteiger partial charge is 0.348 e. The Labute approximate surface area is 154 Å². The highest BCUT2D eigenvalue weighted by atomic mass is 32.1. The number of hydrogen-bond donors (Lipinski definition) is 0. The summed E-state index contributed by atoms with van der Waals surface area (Å²) < 4.78 is 10.7. The molecule has 2 aromatic heterocycles. The molecule has 0 atom stereocenters. The van der Waals surface area contributed by atoms with E-state index in [0.717, 1.165) is 29.3 Å². The number of thiazole rings is 1. The summed E-state index contributed by atoms with van der Waals surface area (Å²) in [5, 5.41) is 2.90. The van der Waals surface area contributed by atoms with Gasteiger partial charge in [-0.25, -0.2) is 9.78 Å². The maximum absolute atomic E-state index is 12.4. The zero-order valence-corrected chi connectivity index (χ0v) is 15.6. The molecule has 2 heterocycles. The molecule has 0 aliphatic heterocycles. The third-order valence-corrected chi connectivity index (χ3v) is 6.26. The van der Waals surface area contributed by atoms with E-state index in [9.17, 15) is 4.79 Å². The molecule has 0 saturated carbocycles. The van der Waals surface area contributed by atoms with E-state index in [4.69, 9.17) is 9.47 Å². The number of methoxy groups -OCH3 is 1. The summed E-state index contributed by atoms with van der Waals surface area (Å²) in [6, 6.07) is 8.11. The van der Waals surface area contributed by atoms with Crippen molar-refractivity contribution in [1.29, 1.82) is 0 Å². The Hall–Kier alpha value is -2.18. The fraction of sp³-hybridized carbons (Fsp3) is 0.263. The van der Waals surface area contributed by atoms with Crippen LogP contribution in [0.15, 0.2) is 29.6 Å². The van der Waals surface area contributed by atoms with Gasteiger partial charge in [0.25, 0.3) is 0 Å². The molecule has 0 unspecified atom stereocenters. The summed E-state index contributed by atoms with van der Waals surface area (Å²) in [4.78, 5) is 18.5. The van der Waals surface area contributed by atoms with Crippen molar-refractivity contribution in [1.82, 2.24) is 4.98 Å². The van der Waals surface area contributed by atoms with Gasteiger partial charge in [0.1, 0.15) is 17.2 Å². The number of ether oxygens (including phenoxy) is 2. The second kappa shape index (κ2) is 6.61. The highest BCUT2D eigenvalue weighted by Gasteiger charge is 2.22. The Bertz CT molecular complexity index is 942. The quantitative estimate of drug-likeness (QED) is 0.627. The first-order chi connectivity index (χ1) is 12.1. The monoisotopic (exact) mass is 371 g/mol.